The van der Waals surface area contributed by atoms with Crippen molar-refractivity contribution in [1.29, 1.82) is 0 Å². The average molecular weight is 1740 g/mol. The highest BCUT2D eigenvalue weighted by Gasteiger charge is 2.24. The first-order chi connectivity index (χ1) is 66.8. The number of nitrogens with zero attached hydrogens (tertiary/aromatic N) is 13. The van der Waals surface area contributed by atoms with Gasteiger partial charge in [0.2, 0.25) is 17.7 Å². The summed E-state index contributed by atoms with van der Waals surface area (Å²) in [5, 5.41) is 0. The zero-order valence-corrected chi connectivity index (χ0v) is 72.5. The fourth-order valence-electron chi connectivity index (χ4n) is 16.4. The van der Waals surface area contributed by atoms with Gasteiger partial charge in [-0.05, 0) is 129 Å². The van der Waals surface area contributed by atoms with Gasteiger partial charge < -0.3 is 13.3 Å². The molecule has 7 heterocycles. The molecule has 0 bridgehead atoms. The lowest BCUT2D eigenvalue weighted by molar-refractivity contribution is 0.619. The minimum atomic E-state index is 0.582. The van der Waals surface area contributed by atoms with Crippen molar-refractivity contribution in [2.45, 2.75) is 0 Å². The molecular weight excluding hydrogens is 1660 g/mol. The summed E-state index contributed by atoms with van der Waals surface area (Å²) in [6, 6.07) is 152. The average Bonchev–Trinajstić information content (AvgIpc) is 1.65. The summed E-state index contributed by atoms with van der Waals surface area (Å²) in [7, 11) is 0. The van der Waals surface area contributed by atoms with Crippen LogP contribution < -0.4 is 0 Å². The Morgan fingerprint density at radius 2 is 0.341 bits per heavy atom. The minimum Gasteiger partial charge on any atom is -0.436 e. The number of hydrogen-bond acceptors (Lipinski definition) is 16. The Kier molecular flexibility index (Phi) is 22.8. The molecule has 0 radical (unpaired) electrons. The van der Waals surface area contributed by atoms with Crippen molar-refractivity contribution in [2.24, 2.45) is 0 Å². The van der Waals surface area contributed by atoms with Crippen molar-refractivity contribution in [3.05, 3.63) is 467 Å². The molecule has 17 aromatic carbocycles. The van der Waals surface area contributed by atoms with E-state index in [2.05, 4.69) is 120 Å². The van der Waals surface area contributed by atoms with Gasteiger partial charge in [-0.3, -0.25) is 4.98 Å². The van der Waals surface area contributed by atoms with E-state index in [1.54, 1.807) is 6.20 Å². The van der Waals surface area contributed by atoms with Crippen molar-refractivity contribution in [1.82, 2.24) is 64.8 Å². The van der Waals surface area contributed by atoms with Gasteiger partial charge in [-0.15, -0.1) is 0 Å². The van der Waals surface area contributed by atoms with Gasteiger partial charge >= 0.3 is 0 Å². The van der Waals surface area contributed by atoms with Gasteiger partial charge in [0.25, 0.3) is 0 Å². The molecule has 0 fully saturated rings. The molecule has 0 spiro atoms. The highest BCUT2D eigenvalue weighted by atomic mass is 16.4. The van der Waals surface area contributed by atoms with Crippen LogP contribution >= 0.6 is 0 Å². The quantitative estimate of drug-likeness (QED) is 0.0783. The highest BCUT2D eigenvalue weighted by molar-refractivity contribution is 6.00. The smallest absolute Gasteiger partial charge is 0.227 e. The van der Waals surface area contributed by atoms with E-state index in [1.165, 1.54) is 0 Å². The number of benzene rings is 17. The van der Waals surface area contributed by atoms with Crippen molar-refractivity contribution in [2.75, 3.05) is 0 Å². The molecule has 0 aliphatic heterocycles. The summed E-state index contributed by atoms with van der Waals surface area (Å²) in [6.07, 6.45) is 3.63. The first-order valence-corrected chi connectivity index (χ1v) is 44.3. The van der Waals surface area contributed by atoms with Crippen LogP contribution in [-0.4, -0.2) is 64.8 Å². The molecule has 0 N–H and O–H groups in total. The maximum Gasteiger partial charge on any atom is 0.227 e. The molecule has 16 heteroatoms. The van der Waals surface area contributed by atoms with Crippen molar-refractivity contribution >= 4 is 33.3 Å². The van der Waals surface area contributed by atoms with Crippen LogP contribution in [0.2, 0.25) is 0 Å². The molecule has 0 saturated carbocycles. The third kappa shape index (κ3) is 17.9. The molecule has 0 aliphatic carbocycles. The lowest BCUT2D eigenvalue weighted by Gasteiger charge is -2.11. The fourth-order valence-corrected chi connectivity index (χ4v) is 16.4. The number of oxazole rings is 3. The van der Waals surface area contributed by atoms with E-state index in [4.69, 9.17) is 73.1 Å². The Balaban J connectivity index is 0.000000118. The molecule has 636 valence electrons. The molecule has 0 atom stereocenters. The van der Waals surface area contributed by atoms with Crippen molar-refractivity contribution < 1.29 is 13.3 Å². The van der Waals surface area contributed by atoms with Crippen molar-refractivity contribution in [3.63, 3.8) is 0 Å². The summed E-state index contributed by atoms with van der Waals surface area (Å²) in [5.41, 5.74) is 28.0. The summed E-state index contributed by atoms with van der Waals surface area (Å²) in [4.78, 5) is 63.2. The maximum atomic E-state index is 6.38. The predicted molar refractivity (Wildman–Crippen MR) is 538 cm³/mol. The topological polar surface area (TPSA) is 207 Å². The van der Waals surface area contributed by atoms with Crippen LogP contribution in [-0.2, 0) is 0 Å². The van der Waals surface area contributed by atoms with Crippen LogP contribution in [0.4, 0.5) is 0 Å². The van der Waals surface area contributed by atoms with Gasteiger partial charge in [0, 0.05) is 101 Å². The van der Waals surface area contributed by atoms with E-state index in [1.807, 2.05) is 346 Å². The lowest BCUT2D eigenvalue weighted by Crippen LogP contribution is -2.00. The summed E-state index contributed by atoms with van der Waals surface area (Å²) in [5.74, 6) is 7.38. The molecule has 24 rings (SSSR count). The van der Waals surface area contributed by atoms with Crippen LogP contribution in [0.15, 0.2) is 481 Å². The van der Waals surface area contributed by atoms with E-state index >= 15 is 0 Å². The monoisotopic (exact) mass is 1740 g/mol. The second-order valence-electron chi connectivity index (χ2n) is 32.1. The molecule has 7 aromatic heterocycles. The zero-order chi connectivity index (χ0) is 90.0. The number of fused-ring (bicyclic) bond motifs is 3. The standard InChI is InChI=1S/2C40H26N4O.C39H25N5O/c1-5-14-27(15-6-1)33-25-34(36-35(26-33)45-40(41-36)30-20-11-4-12-21-30)31-22-13-23-32(24-31)39-43-37(28-16-7-2-8-17-28)42-38(44-39)29-18-9-3-10-19-29;1-5-13-27(14-6-1)33-25-34(36-35(26-33)45-40(41-36)32-19-11-4-12-20-32)28-21-23-31(24-22-28)39-43-37(29-15-7-2-8-16-29)42-38(44-39)30-17-9-3-10-18-30;1-4-11-27(12-5-1)36-42-37(28-13-6-2-7-14-28)44-38(43-36)29-20-18-26(19-21-29)33-23-32(31-17-10-22-40-25-31)24-34-35(33)41-39(45-34)30-15-8-3-9-16-30/h2*1-26H;1-25H. The summed E-state index contributed by atoms with van der Waals surface area (Å²) >= 11 is 0. The van der Waals surface area contributed by atoms with E-state index in [0.717, 1.165) is 161 Å². The van der Waals surface area contributed by atoms with Gasteiger partial charge in [0.15, 0.2) is 69.2 Å². The minimum absolute atomic E-state index is 0.582. The van der Waals surface area contributed by atoms with Crippen molar-refractivity contribution in [3.8, 4) is 204 Å². The first-order valence-electron chi connectivity index (χ1n) is 44.3. The highest BCUT2D eigenvalue weighted by Crippen LogP contribution is 2.43. The Hall–Kier alpha value is -18.7. The van der Waals surface area contributed by atoms with Gasteiger partial charge in [-0.1, -0.05) is 370 Å². The third-order valence-corrected chi connectivity index (χ3v) is 23.2. The normalized spacial score (nSPS) is 11.1. The van der Waals surface area contributed by atoms with E-state index < -0.39 is 0 Å². The molecule has 0 aliphatic rings. The van der Waals surface area contributed by atoms with Crippen LogP contribution in [0.25, 0.3) is 237 Å². The number of aromatic nitrogens is 13. The first kappa shape index (κ1) is 82.0. The van der Waals surface area contributed by atoms with Gasteiger partial charge in [-0.2, -0.15) is 0 Å². The Bertz CT molecular complexity index is 7770. The van der Waals surface area contributed by atoms with E-state index in [0.29, 0.717) is 75.7 Å². The van der Waals surface area contributed by atoms with E-state index in [-0.39, 0.29) is 0 Å². The summed E-state index contributed by atoms with van der Waals surface area (Å²) in [6.45, 7) is 0. The predicted octanol–water partition coefficient (Wildman–Crippen LogP) is 29.4. The molecule has 135 heavy (non-hydrogen) atoms. The van der Waals surface area contributed by atoms with E-state index in [9.17, 15) is 0 Å². The molecular formula is C119H77N13O3. The number of hydrogen-bond donors (Lipinski definition) is 0. The molecule has 0 unspecified atom stereocenters. The van der Waals surface area contributed by atoms with Crippen LogP contribution in [0.1, 0.15) is 0 Å². The van der Waals surface area contributed by atoms with Gasteiger partial charge in [0.1, 0.15) is 16.6 Å². The fraction of sp³-hybridized carbons (Fsp3) is 0. The third-order valence-electron chi connectivity index (χ3n) is 23.2. The second-order valence-corrected chi connectivity index (χ2v) is 32.1. The Labute approximate surface area is 777 Å². The molecule has 0 amide bonds. The zero-order valence-electron chi connectivity index (χ0n) is 72.5. The molecule has 16 nitrogen and oxygen atoms in total. The lowest BCUT2D eigenvalue weighted by atomic mass is 9.96. The number of rotatable bonds is 18. The molecule has 0 saturated heterocycles. The SMILES string of the molecule is c1ccc(-c2cc(-c3ccc(-c4nc(-c5ccccc5)nc(-c5ccccc5)n4)cc3)c3nc(-c4ccccc4)oc3c2)cc1.c1ccc(-c2cc(-c3cccc(-c4nc(-c5ccccc5)nc(-c5ccccc5)n4)c3)c3nc(-c4ccccc4)oc3c2)cc1.c1ccc(-c2nc(-c3ccccc3)nc(-c3ccc(-c4cc(-c5cccnc5)cc5oc(-c6ccccc6)nc45)cc3)n2)cc1. The van der Waals surface area contributed by atoms with Gasteiger partial charge in [-0.25, -0.2) is 59.8 Å². The van der Waals surface area contributed by atoms with Gasteiger partial charge in [0.05, 0.1) is 0 Å². The number of pyridine rings is 1. The molecule has 24 aromatic rings. The second kappa shape index (κ2) is 37.6. The van der Waals surface area contributed by atoms with Crippen LogP contribution in [0.3, 0.4) is 0 Å². The van der Waals surface area contributed by atoms with Crippen LogP contribution in [0.5, 0.6) is 0 Å². The summed E-state index contributed by atoms with van der Waals surface area (Å²) < 4.78 is 19.0. The maximum absolute atomic E-state index is 6.38. The Morgan fingerprint density at radius 1 is 0.133 bits per heavy atom. The van der Waals surface area contributed by atoms with Crippen LogP contribution in [0, 0.1) is 0 Å². The largest absolute Gasteiger partial charge is 0.436 e. The Morgan fingerprint density at radius 3 is 0.607 bits per heavy atom.